The third kappa shape index (κ3) is 5.28. The summed E-state index contributed by atoms with van der Waals surface area (Å²) < 4.78 is 1.28. The fourth-order valence-electron chi connectivity index (χ4n) is 1.49. The number of hydrogen-bond donors (Lipinski definition) is 1. The summed E-state index contributed by atoms with van der Waals surface area (Å²) in [6, 6.07) is 6.98. The van der Waals surface area contributed by atoms with E-state index in [-0.39, 0.29) is 17.6 Å². The minimum absolute atomic E-state index is 0.0628. The van der Waals surface area contributed by atoms with Crippen molar-refractivity contribution in [3.63, 3.8) is 0 Å². The number of hydrogen-bond acceptors (Lipinski definition) is 5. The molecule has 2 rings (SSSR count). The highest BCUT2D eigenvalue weighted by atomic mass is 35.6. The Morgan fingerprint density at radius 3 is 1.70 bits per heavy atom. The maximum atomic E-state index is 5.80. The van der Waals surface area contributed by atoms with Gasteiger partial charge in [0.2, 0.25) is 13.5 Å². The number of nitrogens with one attached hydrogen (secondary N) is 1. The van der Waals surface area contributed by atoms with Crippen molar-refractivity contribution in [1.82, 2.24) is 15.0 Å². The highest BCUT2D eigenvalue weighted by Gasteiger charge is 2.33. The van der Waals surface area contributed by atoms with Crippen LogP contribution in [0.25, 0.3) is 0 Å². The molecule has 124 valence electrons. The zero-order valence-corrected chi connectivity index (χ0v) is 15.9. The van der Waals surface area contributed by atoms with E-state index in [1.54, 1.807) is 31.4 Å². The first kappa shape index (κ1) is 18.9. The highest BCUT2D eigenvalue weighted by molar-refractivity contribution is 6.67. The van der Waals surface area contributed by atoms with Gasteiger partial charge in [-0.3, -0.25) is 0 Å². The molecule has 1 aromatic heterocycles. The quantitative estimate of drug-likeness (QED) is 0.663. The van der Waals surface area contributed by atoms with Gasteiger partial charge in [0.15, 0.2) is 11.6 Å². The number of aromatic nitrogens is 3. The average Bonchev–Trinajstić information content (AvgIpc) is 2.46. The predicted molar refractivity (Wildman–Crippen MR) is 94.6 cm³/mol. The van der Waals surface area contributed by atoms with Crippen molar-refractivity contribution < 1.29 is 4.74 Å². The van der Waals surface area contributed by atoms with Crippen LogP contribution in [-0.2, 0) is 7.59 Å². The van der Waals surface area contributed by atoms with Gasteiger partial charge in [-0.1, -0.05) is 69.6 Å². The van der Waals surface area contributed by atoms with Crippen LogP contribution >= 0.6 is 69.6 Å². The van der Waals surface area contributed by atoms with Gasteiger partial charge in [0.05, 0.1) is 7.11 Å². The van der Waals surface area contributed by atoms with Crippen LogP contribution in [0.1, 0.15) is 11.6 Å². The Labute approximate surface area is 162 Å². The van der Waals surface area contributed by atoms with Crippen molar-refractivity contribution in [2.24, 2.45) is 0 Å². The lowest BCUT2D eigenvalue weighted by Crippen LogP contribution is -2.17. The van der Waals surface area contributed by atoms with Gasteiger partial charge in [-0.05, 0) is 24.3 Å². The number of nitrogens with zero attached hydrogens (tertiary/aromatic N) is 3. The molecule has 0 amide bonds. The number of halogens is 6. The summed E-state index contributed by atoms with van der Waals surface area (Å²) >= 11 is 34.8. The summed E-state index contributed by atoms with van der Waals surface area (Å²) in [7, 11) is 1.56. The molecule has 0 unspecified atom stereocenters. The van der Waals surface area contributed by atoms with E-state index in [2.05, 4.69) is 20.3 Å². The topological polar surface area (TPSA) is 59.9 Å². The number of benzene rings is 1. The van der Waals surface area contributed by atoms with Gasteiger partial charge < -0.3 is 10.1 Å². The summed E-state index contributed by atoms with van der Waals surface area (Å²) in [4.78, 5) is 11.9. The zero-order chi connectivity index (χ0) is 17.3. The molecular weight excluding hydrogens is 429 g/mol. The van der Waals surface area contributed by atoms with Crippen LogP contribution in [0.2, 0.25) is 0 Å². The molecule has 1 aromatic carbocycles. The van der Waals surface area contributed by atoms with E-state index in [1.165, 1.54) is 0 Å². The van der Waals surface area contributed by atoms with Crippen molar-refractivity contribution in [2.45, 2.75) is 7.59 Å². The van der Waals surface area contributed by atoms with Gasteiger partial charge >= 0.3 is 0 Å². The van der Waals surface area contributed by atoms with E-state index in [0.717, 1.165) is 0 Å². The first-order chi connectivity index (χ1) is 10.6. The van der Waals surface area contributed by atoms with E-state index in [0.29, 0.717) is 11.4 Å². The first-order valence-corrected chi connectivity index (χ1v) is 8.18. The minimum atomic E-state index is -1.90. The maximum absolute atomic E-state index is 5.80. The smallest absolute Gasteiger partial charge is 0.250 e. The molecule has 0 saturated carbocycles. The molecule has 23 heavy (non-hydrogen) atoms. The van der Waals surface area contributed by atoms with Crippen molar-refractivity contribution in [1.29, 1.82) is 0 Å². The van der Waals surface area contributed by atoms with E-state index < -0.39 is 7.59 Å². The predicted octanol–water partition coefficient (Wildman–Crippen LogP) is 5.28. The average molecular weight is 437 g/mol. The second kappa shape index (κ2) is 7.21. The normalized spacial score (nSPS) is 12.1. The van der Waals surface area contributed by atoms with Crippen LogP contribution in [0, 0.1) is 0 Å². The second-order valence-electron chi connectivity index (χ2n) is 4.16. The van der Waals surface area contributed by atoms with Crippen molar-refractivity contribution in [3.05, 3.63) is 35.9 Å². The summed E-state index contributed by atoms with van der Waals surface area (Å²) in [6.45, 7) is 0. The Hall–Kier alpha value is -0.430. The molecule has 1 heterocycles. The Bertz CT molecular complexity index is 651. The number of alkyl halides is 6. The number of rotatable bonds is 3. The molecule has 0 radical (unpaired) electrons. The largest absolute Gasteiger partial charge is 0.497 e. The van der Waals surface area contributed by atoms with Gasteiger partial charge in [0, 0.05) is 5.69 Å². The number of ether oxygens (including phenoxy) is 1. The lowest BCUT2D eigenvalue weighted by Gasteiger charge is -2.16. The molecule has 5 nitrogen and oxygen atoms in total. The third-order valence-electron chi connectivity index (χ3n) is 2.49. The zero-order valence-electron chi connectivity index (χ0n) is 11.3. The standard InChI is InChI=1S/C12H8Cl6N4O/c1-23-7-4-2-6(3-5-7)19-10-21-8(11(13,14)15)20-9(22-10)12(16,17)18/h2-5H,1H3,(H,19,20,21,22). The van der Waals surface area contributed by atoms with Crippen molar-refractivity contribution in [2.75, 3.05) is 12.4 Å². The summed E-state index contributed by atoms with van der Waals surface area (Å²) in [5, 5.41) is 2.91. The molecule has 0 aliphatic carbocycles. The summed E-state index contributed by atoms with van der Waals surface area (Å²) in [6.07, 6.45) is 0. The van der Waals surface area contributed by atoms with Gasteiger partial charge in [-0.25, -0.2) is 4.98 Å². The monoisotopic (exact) mass is 434 g/mol. The molecular formula is C12H8Cl6N4O. The molecule has 11 heteroatoms. The van der Waals surface area contributed by atoms with Crippen LogP contribution in [0.3, 0.4) is 0 Å². The summed E-state index contributed by atoms with van der Waals surface area (Å²) in [5.41, 5.74) is 0.655. The molecule has 0 saturated heterocycles. The Morgan fingerprint density at radius 1 is 0.826 bits per heavy atom. The molecule has 1 N–H and O–H groups in total. The third-order valence-corrected chi connectivity index (χ3v) is 3.50. The molecule has 0 fully saturated rings. The van der Waals surface area contributed by atoms with Crippen molar-refractivity contribution in [3.8, 4) is 5.75 Å². The van der Waals surface area contributed by atoms with E-state index in [1.807, 2.05) is 0 Å². The highest BCUT2D eigenvalue weighted by Crippen LogP contribution is 2.40. The molecule has 0 atom stereocenters. The van der Waals surface area contributed by atoms with Gasteiger partial charge in [0.1, 0.15) is 5.75 Å². The van der Waals surface area contributed by atoms with Crippen LogP contribution < -0.4 is 10.1 Å². The fraction of sp³-hybridized carbons (Fsp3) is 0.250. The Kier molecular flexibility index (Phi) is 5.93. The number of anilines is 2. The lowest BCUT2D eigenvalue weighted by atomic mass is 10.3. The number of methoxy groups -OCH3 is 1. The first-order valence-electron chi connectivity index (χ1n) is 5.91. The van der Waals surface area contributed by atoms with E-state index >= 15 is 0 Å². The van der Waals surface area contributed by atoms with Crippen molar-refractivity contribution >= 4 is 81.2 Å². The summed E-state index contributed by atoms with van der Waals surface area (Å²) in [5.74, 6) is 0.410. The minimum Gasteiger partial charge on any atom is -0.497 e. The SMILES string of the molecule is COc1ccc(Nc2nc(C(Cl)(Cl)Cl)nc(C(Cl)(Cl)Cl)n2)cc1. The van der Waals surface area contributed by atoms with Crippen LogP contribution in [0.5, 0.6) is 5.75 Å². The Morgan fingerprint density at radius 2 is 1.30 bits per heavy atom. The molecule has 0 aliphatic rings. The second-order valence-corrected chi connectivity index (χ2v) is 8.72. The lowest BCUT2D eigenvalue weighted by molar-refractivity contribution is 0.415. The molecule has 0 aliphatic heterocycles. The van der Waals surface area contributed by atoms with Gasteiger partial charge in [-0.2, -0.15) is 9.97 Å². The fourth-order valence-corrected chi connectivity index (χ4v) is 2.00. The molecule has 0 bridgehead atoms. The maximum Gasteiger partial charge on any atom is 0.250 e. The van der Waals surface area contributed by atoms with Gasteiger partial charge in [-0.15, -0.1) is 0 Å². The van der Waals surface area contributed by atoms with E-state index in [4.69, 9.17) is 74.3 Å². The Balaban J connectivity index is 2.40. The van der Waals surface area contributed by atoms with Crippen LogP contribution in [-0.4, -0.2) is 22.1 Å². The molecule has 0 spiro atoms. The van der Waals surface area contributed by atoms with Crippen LogP contribution in [0.15, 0.2) is 24.3 Å². The van der Waals surface area contributed by atoms with Crippen LogP contribution in [0.4, 0.5) is 11.6 Å². The van der Waals surface area contributed by atoms with E-state index in [9.17, 15) is 0 Å². The van der Waals surface area contributed by atoms with Gasteiger partial charge in [0.25, 0.3) is 0 Å². The molecule has 2 aromatic rings.